The van der Waals surface area contributed by atoms with Gasteiger partial charge in [-0.2, -0.15) is 0 Å². The molecule has 6 heteroatoms. The van der Waals surface area contributed by atoms with Crippen LogP contribution < -0.4 is 5.32 Å². The van der Waals surface area contributed by atoms with Gasteiger partial charge in [0.2, 0.25) is 0 Å². The zero-order valence-corrected chi connectivity index (χ0v) is 15.4. The number of halogens is 1. The lowest BCUT2D eigenvalue weighted by atomic mass is 10.1. The van der Waals surface area contributed by atoms with E-state index in [1.54, 1.807) is 12.3 Å². The number of rotatable bonds is 7. The first-order valence-corrected chi connectivity index (χ1v) is 8.95. The molecule has 0 unspecified atom stereocenters. The Hall–Kier alpha value is -2.34. The van der Waals surface area contributed by atoms with Crippen LogP contribution >= 0.6 is 11.6 Å². The van der Waals surface area contributed by atoms with Crippen LogP contribution in [0.2, 0.25) is 5.02 Å². The molecule has 0 spiro atoms. The number of phenols is 1. The van der Waals surface area contributed by atoms with Gasteiger partial charge in [0, 0.05) is 46.6 Å². The summed E-state index contributed by atoms with van der Waals surface area (Å²) in [7, 11) is 0. The average Bonchev–Trinajstić information content (AvgIpc) is 2.64. The molecule has 0 aliphatic carbocycles. The van der Waals surface area contributed by atoms with E-state index in [1.165, 1.54) is 0 Å². The predicted molar refractivity (Wildman–Crippen MR) is 106 cm³/mol. The van der Waals surface area contributed by atoms with Crippen LogP contribution in [0.1, 0.15) is 12.5 Å². The minimum atomic E-state index is 0.0953. The Bertz CT molecular complexity index is 901. The Morgan fingerprint density at radius 2 is 2.00 bits per heavy atom. The smallest absolute Gasteiger partial charge is 0.120 e. The summed E-state index contributed by atoms with van der Waals surface area (Å²) in [6, 6.07) is 13.0. The molecule has 136 valence electrons. The van der Waals surface area contributed by atoms with E-state index in [4.69, 9.17) is 16.7 Å². The van der Waals surface area contributed by atoms with E-state index >= 15 is 0 Å². The van der Waals surface area contributed by atoms with Crippen molar-refractivity contribution in [3.8, 4) is 5.75 Å². The Labute approximate surface area is 157 Å². The molecule has 2 aromatic carbocycles. The number of aromatic hydroxyl groups is 1. The van der Waals surface area contributed by atoms with Crippen LogP contribution in [-0.2, 0) is 6.54 Å². The SMILES string of the molecule is CCN(CCO)Cc1cc(Nc2ccnc3cc(Cl)ccc23)ccc1O. The third-order valence-electron chi connectivity index (χ3n) is 4.32. The number of aromatic nitrogens is 1. The lowest BCUT2D eigenvalue weighted by Gasteiger charge is -2.20. The van der Waals surface area contributed by atoms with Crippen LogP contribution in [0, 0.1) is 0 Å². The van der Waals surface area contributed by atoms with Crippen molar-refractivity contribution in [2.24, 2.45) is 0 Å². The van der Waals surface area contributed by atoms with Crippen molar-refractivity contribution >= 4 is 33.9 Å². The molecular formula is C20H22ClN3O2. The van der Waals surface area contributed by atoms with Crippen molar-refractivity contribution in [3.05, 3.63) is 59.2 Å². The Balaban J connectivity index is 1.88. The van der Waals surface area contributed by atoms with Gasteiger partial charge in [-0.05, 0) is 49.0 Å². The first-order chi connectivity index (χ1) is 12.6. The topological polar surface area (TPSA) is 68.6 Å². The van der Waals surface area contributed by atoms with Gasteiger partial charge in [-0.25, -0.2) is 0 Å². The summed E-state index contributed by atoms with van der Waals surface area (Å²) in [5.41, 5.74) is 3.43. The summed E-state index contributed by atoms with van der Waals surface area (Å²) in [5, 5.41) is 24.3. The van der Waals surface area contributed by atoms with Gasteiger partial charge in [-0.1, -0.05) is 18.5 Å². The molecule has 3 aromatic rings. The molecule has 1 heterocycles. The largest absolute Gasteiger partial charge is 0.508 e. The highest BCUT2D eigenvalue weighted by molar-refractivity contribution is 6.31. The molecule has 3 N–H and O–H groups in total. The van der Waals surface area contributed by atoms with E-state index in [2.05, 4.69) is 15.2 Å². The molecule has 0 saturated heterocycles. The van der Waals surface area contributed by atoms with Gasteiger partial charge in [-0.15, -0.1) is 0 Å². The minimum absolute atomic E-state index is 0.0953. The molecule has 0 aliphatic heterocycles. The van der Waals surface area contributed by atoms with Crippen molar-refractivity contribution in [2.75, 3.05) is 25.0 Å². The molecule has 0 bridgehead atoms. The Kier molecular flexibility index (Phi) is 5.93. The van der Waals surface area contributed by atoms with E-state index < -0.39 is 0 Å². The maximum absolute atomic E-state index is 10.2. The molecular weight excluding hydrogens is 350 g/mol. The average molecular weight is 372 g/mol. The molecule has 0 saturated carbocycles. The van der Waals surface area contributed by atoms with Gasteiger partial charge in [0.15, 0.2) is 0 Å². The van der Waals surface area contributed by atoms with Crippen molar-refractivity contribution < 1.29 is 10.2 Å². The normalized spacial score (nSPS) is 11.2. The molecule has 0 fully saturated rings. The van der Waals surface area contributed by atoms with Gasteiger partial charge in [0.25, 0.3) is 0 Å². The predicted octanol–water partition coefficient (Wildman–Crippen LogP) is 4.15. The molecule has 5 nitrogen and oxygen atoms in total. The maximum atomic E-state index is 10.2. The number of aliphatic hydroxyl groups excluding tert-OH is 1. The second kappa shape index (κ2) is 8.36. The maximum Gasteiger partial charge on any atom is 0.120 e. The quantitative estimate of drug-likeness (QED) is 0.544. The highest BCUT2D eigenvalue weighted by Gasteiger charge is 2.09. The third-order valence-corrected chi connectivity index (χ3v) is 4.56. The van der Waals surface area contributed by atoms with Gasteiger partial charge in [0.05, 0.1) is 12.1 Å². The van der Waals surface area contributed by atoms with Crippen molar-refractivity contribution in [1.82, 2.24) is 9.88 Å². The van der Waals surface area contributed by atoms with Crippen LogP contribution in [0.15, 0.2) is 48.7 Å². The number of aliphatic hydroxyl groups is 1. The second-order valence-electron chi connectivity index (χ2n) is 6.08. The number of pyridine rings is 1. The third kappa shape index (κ3) is 4.25. The Morgan fingerprint density at radius 3 is 2.77 bits per heavy atom. The Morgan fingerprint density at radius 1 is 1.15 bits per heavy atom. The summed E-state index contributed by atoms with van der Waals surface area (Å²) in [6.45, 7) is 4.07. The number of phenolic OH excluding ortho intramolecular Hbond substituents is 1. The summed E-state index contributed by atoms with van der Waals surface area (Å²) >= 11 is 6.05. The van der Waals surface area contributed by atoms with Crippen molar-refractivity contribution in [3.63, 3.8) is 0 Å². The first kappa shape index (κ1) is 18.5. The highest BCUT2D eigenvalue weighted by Crippen LogP contribution is 2.29. The number of nitrogens with one attached hydrogen (secondary N) is 1. The fraction of sp³-hybridized carbons (Fsp3) is 0.250. The van der Waals surface area contributed by atoms with Crippen molar-refractivity contribution in [2.45, 2.75) is 13.5 Å². The van der Waals surface area contributed by atoms with E-state index in [9.17, 15) is 5.11 Å². The molecule has 0 radical (unpaired) electrons. The van der Waals surface area contributed by atoms with Gasteiger partial charge >= 0.3 is 0 Å². The molecule has 0 atom stereocenters. The van der Waals surface area contributed by atoms with E-state index in [-0.39, 0.29) is 12.4 Å². The number of anilines is 2. The van der Waals surface area contributed by atoms with Crippen LogP contribution in [0.25, 0.3) is 10.9 Å². The second-order valence-corrected chi connectivity index (χ2v) is 6.52. The lowest BCUT2D eigenvalue weighted by molar-refractivity contribution is 0.195. The van der Waals surface area contributed by atoms with Gasteiger partial charge in [-0.3, -0.25) is 9.88 Å². The standard InChI is InChI=1S/C20H22ClN3O2/c1-2-24(9-10-25)13-14-11-16(4-6-20(14)26)23-18-7-8-22-19-12-15(21)3-5-17(18)19/h3-8,11-12,25-26H,2,9-10,13H2,1H3,(H,22,23). The summed E-state index contributed by atoms with van der Waals surface area (Å²) in [6.07, 6.45) is 1.74. The van der Waals surface area contributed by atoms with E-state index in [0.717, 1.165) is 34.4 Å². The molecule has 1 aromatic heterocycles. The van der Waals surface area contributed by atoms with E-state index in [1.807, 2.05) is 43.3 Å². The fourth-order valence-corrected chi connectivity index (χ4v) is 3.07. The zero-order chi connectivity index (χ0) is 18.5. The first-order valence-electron chi connectivity index (χ1n) is 8.57. The minimum Gasteiger partial charge on any atom is -0.508 e. The number of likely N-dealkylation sites (N-methyl/N-ethyl adjacent to an activating group) is 1. The monoisotopic (exact) mass is 371 g/mol. The number of fused-ring (bicyclic) bond motifs is 1. The zero-order valence-electron chi connectivity index (χ0n) is 14.6. The fourth-order valence-electron chi connectivity index (χ4n) is 2.91. The van der Waals surface area contributed by atoms with Crippen LogP contribution in [0.3, 0.4) is 0 Å². The number of hydrogen-bond donors (Lipinski definition) is 3. The molecule has 0 aliphatic rings. The number of benzene rings is 2. The number of hydrogen-bond acceptors (Lipinski definition) is 5. The lowest BCUT2D eigenvalue weighted by Crippen LogP contribution is -2.26. The summed E-state index contributed by atoms with van der Waals surface area (Å²) in [5.74, 6) is 0.248. The summed E-state index contributed by atoms with van der Waals surface area (Å²) in [4.78, 5) is 6.42. The van der Waals surface area contributed by atoms with Gasteiger partial charge in [0.1, 0.15) is 5.75 Å². The van der Waals surface area contributed by atoms with Crippen LogP contribution in [0.5, 0.6) is 5.75 Å². The van der Waals surface area contributed by atoms with Crippen LogP contribution in [0.4, 0.5) is 11.4 Å². The molecule has 26 heavy (non-hydrogen) atoms. The van der Waals surface area contributed by atoms with Gasteiger partial charge < -0.3 is 15.5 Å². The van der Waals surface area contributed by atoms with E-state index in [0.29, 0.717) is 18.1 Å². The highest BCUT2D eigenvalue weighted by atomic mass is 35.5. The summed E-state index contributed by atoms with van der Waals surface area (Å²) < 4.78 is 0. The van der Waals surface area contributed by atoms with Crippen LogP contribution in [-0.4, -0.2) is 39.8 Å². The van der Waals surface area contributed by atoms with Crippen molar-refractivity contribution in [1.29, 1.82) is 0 Å². The molecule has 3 rings (SSSR count). The number of nitrogens with zero attached hydrogens (tertiary/aromatic N) is 2. The molecule has 0 amide bonds.